The molecule has 0 spiro atoms. The van der Waals surface area contributed by atoms with Gasteiger partial charge >= 0.3 is 11.9 Å². The van der Waals surface area contributed by atoms with Crippen molar-refractivity contribution in [3.63, 3.8) is 0 Å². The lowest BCUT2D eigenvalue weighted by atomic mass is 9.98. The van der Waals surface area contributed by atoms with Crippen LogP contribution in [0.5, 0.6) is 0 Å². The molecule has 0 unspecified atom stereocenters. The average Bonchev–Trinajstić information content (AvgIpc) is 2.44. The zero-order valence-corrected chi connectivity index (χ0v) is 15.8. The Morgan fingerprint density at radius 2 is 0.923 bits per heavy atom. The molecule has 1 aromatic rings. The number of benzene rings is 1. The molecule has 0 fully saturated rings. The SMILES string of the molecule is CC1=C(c2ccc(C3=C(C)OC(C)(C)OC3=O)cc2)C(=O)OC(C)(C)O1. The quantitative estimate of drug-likeness (QED) is 0.750. The molecule has 26 heavy (non-hydrogen) atoms. The summed E-state index contributed by atoms with van der Waals surface area (Å²) in [6.45, 7) is 10.2. The van der Waals surface area contributed by atoms with E-state index < -0.39 is 23.5 Å². The third kappa shape index (κ3) is 3.31. The van der Waals surface area contributed by atoms with Crippen LogP contribution in [0.25, 0.3) is 11.1 Å². The normalized spacial score (nSPS) is 21.6. The van der Waals surface area contributed by atoms with Gasteiger partial charge in [-0.15, -0.1) is 0 Å². The highest BCUT2D eigenvalue weighted by Crippen LogP contribution is 2.35. The molecule has 2 aliphatic heterocycles. The fourth-order valence-corrected chi connectivity index (χ4v) is 3.16. The first kappa shape index (κ1) is 18.0. The molecule has 0 aliphatic carbocycles. The standard InChI is InChI=1S/C20H22O6/c1-11-15(17(21)25-19(3,4)23-11)13-7-9-14(10-8-13)16-12(2)24-20(5,6)26-18(16)22/h7-10H,1-6H3. The molecule has 0 saturated carbocycles. The van der Waals surface area contributed by atoms with Crippen LogP contribution in [-0.2, 0) is 28.5 Å². The first-order chi connectivity index (χ1) is 12.0. The van der Waals surface area contributed by atoms with E-state index >= 15 is 0 Å². The maximum absolute atomic E-state index is 12.3. The highest BCUT2D eigenvalue weighted by atomic mass is 16.7. The second kappa shape index (κ2) is 5.90. The highest BCUT2D eigenvalue weighted by molar-refractivity contribution is 6.19. The van der Waals surface area contributed by atoms with Gasteiger partial charge in [0.05, 0.1) is 0 Å². The van der Waals surface area contributed by atoms with Crippen LogP contribution in [-0.4, -0.2) is 23.5 Å². The maximum atomic E-state index is 12.3. The van der Waals surface area contributed by atoms with Crippen molar-refractivity contribution in [2.45, 2.75) is 53.1 Å². The maximum Gasteiger partial charge on any atom is 0.345 e. The average molecular weight is 358 g/mol. The minimum absolute atomic E-state index is 0.366. The Hall–Kier alpha value is -2.76. The number of hydrogen-bond donors (Lipinski definition) is 0. The van der Waals surface area contributed by atoms with E-state index in [9.17, 15) is 9.59 Å². The lowest BCUT2D eigenvalue weighted by Gasteiger charge is -2.33. The van der Waals surface area contributed by atoms with Crippen LogP contribution in [0.4, 0.5) is 0 Å². The van der Waals surface area contributed by atoms with E-state index in [1.807, 2.05) is 0 Å². The number of rotatable bonds is 2. The van der Waals surface area contributed by atoms with Crippen LogP contribution in [0.1, 0.15) is 52.7 Å². The fourth-order valence-electron chi connectivity index (χ4n) is 3.16. The first-order valence-corrected chi connectivity index (χ1v) is 8.36. The summed E-state index contributed by atoms with van der Waals surface area (Å²) in [6.07, 6.45) is 0. The van der Waals surface area contributed by atoms with Gasteiger partial charge in [0.25, 0.3) is 0 Å². The molecule has 0 N–H and O–H groups in total. The molecule has 1 aromatic carbocycles. The summed E-state index contributed by atoms with van der Waals surface area (Å²) < 4.78 is 21.9. The Balaban J connectivity index is 1.95. The van der Waals surface area contributed by atoms with Crippen LogP contribution >= 0.6 is 0 Å². The van der Waals surface area contributed by atoms with Crippen molar-refractivity contribution in [2.75, 3.05) is 0 Å². The lowest BCUT2D eigenvalue weighted by Crippen LogP contribution is -2.36. The van der Waals surface area contributed by atoms with Gasteiger partial charge in [-0.1, -0.05) is 24.3 Å². The predicted molar refractivity (Wildman–Crippen MR) is 94.1 cm³/mol. The molecule has 0 atom stereocenters. The highest BCUT2D eigenvalue weighted by Gasteiger charge is 2.36. The summed E-state index contributed by atoms with van der Waals surface area (Å²) >= 11 is 0. The lowest BCUT2D eigenvalue weighted by molar-refractivity contribution is -0.203. The third-order valence-electron chi connectivity index (χ3n) is 4.05. The second-order valence-electron chi connectivity index (χ2n) is 7.22. The monoisotopic (exact) mass is 358 g/mol. The Morgan fingerprint density at radius 1 is 0.615 bits per heavy atom. The van der Waals surface area contributed by atoms with Crippen LogP contribution in [0.3, 0.4) is 0 Å². The molecule has 0 amide bonds. The third-order valence-corrected chi connectivity index (χ3v) is 4.05. The molecule has 2 heterocycles. The molecule has 0 radical (unpaired) electrons. The number of carbonyl (C=O) groups excluding carboxylic acids is 2. The Labute approximate surface area is 152 Å². The number of cyclic esters (lactones) is 2. The Morgan fingerprint density at radius 3 is 1.19 bits per heavy atom. The predicted octanol–water partition coefficient (Wildman–Crippen LogP) is 3.77. The first-order valence-electron chi connectivity index (χ1n) is 8.36. The minimum Gasteiger partial charge on any atom is -0.457 e. The van der Waals surface area contributed by atoms with E-state index in [1.165, 1.54) is 0 Å². The van der Waals surface area contributed by atoms with Gasteiger partial charge in [0.2, 0.25) is 11.6 Å². The molecule has 2 aliphatic rings. The molecular weight excluding hydrogens is 336 g/mol. The fraction of sp³-hybridized carbons (Fsp3) is 0.400. The van der Waals surface area contributed by atoms with Gasteiger partial charge in [-0.05, 0) is 25.0 Å². The van der Waals surface area contributed by atoms with Crippen LogP contribution < -0.4 is 0 Å². The van der Waals surface area contributed by atoms with Gasteiger partial charge in [0.15, 0.2) is 0 Å². The zero-order chi connectivity index (χ0) is 19.3. The Bertz CT molecular complexity index is 769. The molecule has 0 aromatic heterocycles. The topological polar surface area (TPSA) is 71.1 Å². The van der Waals surface area contributed by atoms with Crippen molar-refractivity contribution in [3.05, 3.63) is 46.9 Å². The molecule has 6 heteroatoms. The number of hydrogen-bond acceptors (Lipinski definition) is 6. The minimum atomic E-state index is -0.984. The van der Waals surface area contributed by atoms with E-state index in [-0.39, 0.29) is 0 Å². The van der Waals surface area contributed by atoms with E-state index in [0.717, 1.165) is 0 Å². The molecule has 3 rings (SSSR count). The van der Waals surface area contributed by atoms with Crippen molar-refractivity contribution in [1.82, 2.24) is 0 Å². The van der Waals surface area contributed by atoms with Crippen molar-refractivity contribution >= 4 is 23.1 Å². The number of ether oxygens (including phenoxy) is 4. The number of allylic oxidation sites excluding steroid dienone is 2. The van der Waals surface area contributed by atoms with Gasteiger partial charge in [-0.2, -0.15) is 0 Å². The van der Waals surface area contributed by atoms with E-state index in [1.54, 1.807) is 65.8 Å². The van der Waals surface area contributed by atoms with Crippen molar-refractivity contribution in [2.24, 2.45) is 0 Å². The molecule has 0 bridgehead atoms. The van der Waals surface area contributed by atoms with E-state index in [0.29, 0.717) is 33.8 Å². The molecular formula is C20H22O6. The van der Waals surface area contributed by atoms with Gasteiger partial charge in [-0.25, -0.2) is 9.59 Å². The van der Waals surface area contributed by atoms with Crippen LogP contribution in [0.2, 0.25) is 0 Å². The summed E-state index contributed by atoms with van der Waals surface area (Å²) in [5, 5.41) is 0. The van der Waals surface area contributed by atoms with Crippen molar-refractivity contribution < 1.29 is 28.5 Å². The second-order valence-corrected chi connectivity index (χ2v) is 7.22. The Kier molecular flexibility index (Phi) is 4.09. The summed E-state index contributed by atoms with van der Waals surface area (Å²) in [5.74, 6) is -1.85. The van der Waals surface area contributed by atoms with Gasteiger partial charge < -0.3 is 18.9 Å². The van der Waals surface area contributed by atoms with Gasteiger partial charge in [-0.3, -0.25) is 0 Å². The summed E-state index contributed by atoms with van der Waals surface area (Å²) in [6, 6.07) is 6.96. The summed E-state index contributed by atoms with van der Waals surface area (Å²) in [5.41, 5.74) is 2.03. The molecule has 6 nitrogen and oxygen atoms in total. The van der Waals surface area contributed by atoms with Crippen molar-refractivity contribution in [3.8, 4) is 0 Å². The van der Waals surface area contributed by atoms with Crippen LogP contribution in [0, 0.1) is 0 Å². The molecule has 0 saturated heterocycles. The number of carbonyl (C=O) groups is 2. The van der Waals surface area contributed by atoms with Crippen molar-refractivity contribution in [1.29, 1.82) is 0 Å². The smallest absolute Gasteiger partial charge is 0.345 e. The van der Waals surface area contributed by atoms with Gasteiger partial charge in [0.1, 0.15) is 22.7 Å². The van der Waals surface area contributed by atoms with E-state index in [2.05, 4.69) is 0 Å². The number of esters is 2. The van der Waals surface area contributed by atoms with Gasteiger partial charge in [0, 0.05) is 27.7 Å². The van der Waals surface area contributed by atoms with Crippen LogP contribution in [0.15, 0.2) is 35.8 Å². The summed E-state index contributed by atoms with van der Waals surface area (Å²) in [7, 11) is 0. The van der Waals surface area contributed by atoms with E-state index in [4.69, 9.17) is 18.9 Å². The molecule has 138 valence electrons. The zero-order valence-electron chi connectivity index (χ0n) is 15.8. The largest absolute Gasteiger partial charge is 0.457 e. The summed E-state index contributed by atoms with van der Waals surface area (Å²) in [4.78, 5) is 24.6.